The van der Waals surface area contributed by atoms with Crippen molar-refractivity contribution in [1.82, 2.24) is 10.6 Å². The maximum Gasteiger partial charge on any atom is 0.123 e. The molecular formula is C14H21FN2. The molecule has 1 fully saturated rings. The van der Waals surface area contributed by atoms with Crippen LogP contribution in [0.2, 0.25) is 0 Å². The summed E-state index contributed by atoms with van der Waals surface area (Å²) in [5.74, 6) is -0.160. The largest absolute Gasteiger partial charge is 0.319 e. The van der Waals surface area contributed by atoms with Gasteiger partial charge in [-0.05, 0) is 56.0 Å². The molecule has 0 unspecified atom stereocenters. The second-order valence-electron chi connectivity index (χ2n) is 5.08. The van der Waals surface area contributed by atoms with Gasteiger partial charge in [0.25, 0.3) is 0 Å². The predicted molar refractivity (Wildman–Crippen MR) is 68.6 cm³/mol. The van der Waals surface area contributed by atoms with Crippen LogP contribution >= 0.6 is 0 Å². The van der Waals surface area contributed by atoms with Crippen LogP contribution in [-0.4, -0.2) is 26.7 Å². The van der Waals surface area contributed by atoms with Gasteiger partial charge in [0.05, 0.1) is 0 Å². The van der Waals surface area contributed by atoms with Gasteiger partial charge in [0.1, 0.15) is 5.82 Å². The second kappa shape index (κ2) is 5.61. The molecule has 0 aliphatic heterocycles. The SMILES string of the molecule is CNCC1(CNCCc2ccc(F)cc2)CC1. The van der Waals surface area contributed by atoms with E-state index in [0.29, 0.717) is 5.41 Å². The number of rotatable bonds is 7. The van der Waals surface area contributed by atoms with Gasteiger partial charge in [-0.15, -0.1) is 0 Å². The third-order valence-electron chi connectivity index (χ3n) is 3.51. The van der Waals surface area contributed by atoms with E-state index in [1.165, 1.54) is 30.5 Å². The van der Waals surface area contributed by atoms with Crippen LogP contribution in [0, 0.1) is 11.2 Å². The zero-order chi connectivity index (χ0) is 12.1. The quantitative estimate of drug-likeness (QED) is 0.707. The van der Waals surface area contributed by atoms with Gasteiger partial charge in [-0.3, -0.25) is 0 Å². The fourth-order valence-electron chi connectivity index (χ4n) is 2.21. The molecule has 2 rings (SSSR count). The molecule has 17 heavy (non-hydrogen) atoms. The minimum atomic E-state index is -0.160. The van der Waals surface area contributed by atoms with Gasteiger partial charge >= 0.3 is 0 Å². The van der Waals surface area contributed by atoms with E-state index in [-0.39, 0.29) is 5.82 Å². The molecule has 0 aromatic heterocycles. The van der Waals surface area contributed by atoms with E-state index in [1.807, 2.05) is 19.2 Å². The lowest BCUT2D eigenvalue weighted by molar-refractivity contribution is 0.441. The van der Waals surface area contributed by atoms with E-state index in [0.717, 1.165) is 26.1 Å². The average molecular weight is 236 g/mol. The van der Waals surface area contributed by atoms with Crippen LogP contribution in [0.4, 0.5) is 4.39 Å². The van der Waals surface area contributed by atoms with Crippen LogP contribution < -0.4 is 10.6 Å². The molecule has 2 N–H and O–H groups in total. The van der Waals surface area contributed by atoms with E-state index in [9.17, 15) is 4.39 Å². The molecule has 0 amide bonds. The Hall–Kier alpha value is -0.930. The highest BCUT2D eigenvalue weighted by Gasteiger charge is 2.41. The van der Waals surface area contributed by atoms with Crippen LogP contribution in [0.3, 0.4) is 0 Å². The zero-order valence-corrected chi connectivity index (χ0v) is 10.4. The Labute approximate surface area is 103 Å². The van der Waals surface area contributed by atoms with E-state index in [4.69, 9.17) is 0 Å². The summed E-state index contributed by atoms with van der Waals surface area (Å²) in [5.41, 5.74) is 1.70. The Morgan fingerprint density at radius 1 is 1.18 bits per heavy atom. The Bertz CT molecular complexity index is 344. The van der Waals surface area contributed by atoms with E-state index in [1.54, 1.807) is 0 Å². The number of nitrogens with one attached hydrogen (secondary N) is 2. The van der Waals surface area contributed by atoms with Crippen molar-refractivity contribution in [3.05, 3.63) is 35.6 Å². The standard InChI is InChI=1S/C14H21FN2/c1-16-10-14(7-8-14)11-17-9-6-12-2-4-13(15)5-3-12/h2-5,16-17H,6-11H2,1H3. The van der Waals surface area contributed by atoms with Gasteiger partial charge in [-0.1, -0.05) is 12.1 Å². The van der Waals surface area contributed by atoms with Crippen molar-refractivity contribution in [2.45, 2.75) is 19.3 Å². The van der Waals surface area contributed by atoms with Crippen LogP contribution in [-0.2, 0) is 6.42 Å². The van der Waals surface area contributed by atoms with Gasteiger partial charge in [-0.25, -0.2) is 4.39 Å². The summed E-state index contributed by atoms with van der Waals surface area (Å²) in [6.07, 6.45) is 3.63. The van der Waals surface area contributed by atoms with Gasteiger partial charge in [0.15, 0.2) is 0 Å². The molecule has 1 aromatic rings. The minimum absolute atomic E-state index is 0.160. The monoisotopic (exact) mass is 236 g/mol. The molecule has 0 atom stereocenters. The van der Waals surface area contributed by atoms with Crippen LogP contribution in [0.5, 0.6) is 0 Å². The fourth-order valence-corrected chi connectivity index (χ4v) is 2.21. The Balaban J connectivity index is 1.65. The summed E-state index contributed by atoms with van der Waals surface area (Å²) < 4.78 is 12.7. The van der Waals surface area contributed by atoms with Crippen LogP contribution in [0.25, 0.3) is 0 Å². The lowest BCUT2D eigenvalue weighted by Crippen LogP contribution is -2.32. The first-order valence-electron chi connectivity index (χ1n) is 6.34. The van der Waals surface area contributed by atoms with Gasteiger partial charge < -0.3 is 10.6 Å². The summed E-state index contributed by atoms with van der Waals surface area (Å²) in [5, 5.41) is 6.76. The highest BCUT2D eigenvalue weighted by atomic mass is 19.1. The van der Waals surface area contributed by atoms with E-state index < -0.39 is 0 Å². The summed E-state index contributed by atoms with van der Waals surface area (Å²) in [4.78, 5) is 0. The highest BCUT2D eigenvalue weighted by Crippen LogP contribution is 2.44. The van der Waals surface area contributed by atoms with Gasteiger partial charge in [0, 0.05) is 13.1 Å². The molecule has 2 nitrogen and oxygen atoms in total. The van der Waals surface area contributed by atoms with E-state index in [2.05, 4.69) is 10.6 Å². The summed E-state index contributed by atoms with van der Waals surface area (Å²) in [6.45, 7) is 3.17. The molecule has 1 aliphatic rings. The first-order valence-corrected chi connectivity index (χ1v) is 6.34. The van der Waals surface area contributed by atoms with Crippen molar-refractivity contribution in [3.63, 3.8) is 0 Å². The third-order valence-corrected chi connectivity index (χ3v) is 3.51. The molecule has 0 radical (unpaired) electrons. The molecule has 1 aliphatic carbocycles. The molecule has 0 saturated heterocycles. The molecule has 3 heteroatoms. The molecule has 94 valence electrons. The molecule has 0 spiro atoms. The lowest BCUT2D eigenvalue weighted by Gasteiger charge is -2.15. The van der Waals surface area contributed by atoms with Crippen molar-refractivity contribution < 1.29 is 4.39 Å². The maximum atomic E-state index is 12.7. The fraction of sp³-hybridized carbons (Fsp3) is 0.571. The topological polar surface area (TPSA) is 24.1 Å². The second-order valence-corrected chi connectivity index (χ2v) is 5.08. The lowest BCUT2D eigenvalue weighted by atomic mass is 10.1. The van der Waals surface area contributed by atoms with Crippen molar-refractivity contribution in [1.29, 1.82) is 0 Å². The predicted octanol–water partition coefficient (Wildman–Crippen LogP) is 1.96. The van der Waals surface area contributed by atoms with Gasteiger partial charge in [-0.2, -0.15) is 0 Å². The highest BCUT2D eigenvalue weighted by molar-refractivity contribution is 5.16. The van der Waals surface area contributed by atoms with E-state index >= 15 is 0 Å². The molecular weight excluding hydrogens is 215 g/mol. The Kier molecular flexibility index (Phi) is 4.13. The summed E-state index contributed by atoms with van der Waals surface area (Å²) >= 11 is 0. The third kappa shape index (κ3) is 3.79. The van der Waals surface area contributed by atoms with Crippen molar-refractivity contribution in [2.75, 3.05) is 26.7 Å². The van der Waals surface area contributed by atoms with Crippen molar-refractivity contribution in [3.8, 4) is 0 Å². The molecule has 1 saturated carbocycles. The zero-order valence-electron chi connectivity index (χ0n) is 10.4. The van der Waals surface area contributed by atoms with Crippen LogP contribution in [0.1, 0.15) is 18.4 Å². The normalized spacial score (nSPS) is 17.1. The number of hydrogen-bond acceptors (Lipinski definition) is 2. The summed E-state index contributed by atoms with van der Waals surface area (Å²) in [7, 11) is 2.01. The van der Waals surface area contributed by atoms with Crippen molar-refractivity contribution >= 4 is 0 Å². The minimum Gasteiger partial charge on any atom is -0.319 e. The van der Waals surface area contributed by atoms with Crippen LogP contribution in [0.15, 0.2) is 24.3 Å². The summed E-state index contributed by atoms with van der Waals surface area (Å²) in [6, 6.07) is 6.77. The Morgan fingerprint density at radius 2 is 1.88 bits per heavy atom. The number of benzene rings is 1. The Morgan fingerprint density at radius 3 is 2.47 bits per heavy atom. The number of hydrogen-bond donors (Lipinski definition) is 2. The van der Waals surface area contributed by atoms with Crippen molar-refractivity contribution in [2.24, 2.45) is 5.41 Å². The molecule has 0 heterocycles. The van der Waals surface area contributed by atoms with Gasteiger partial charge in [0.2, 0.25) is 0 Å². The molecule has 0 bridgehead atoms. The maximum absolute atomic E-state index is 12.7. The molecule has 1 aromatic carbocycles. The number of halogens is 1. The first-order chi connectivity index (χ1) is 8.24. The average Bonchev–Trinajstić information content (AvgIpc) is 3.08. The smallest absolute Gasteiger partial charge is 0.123 e. The first kappa shape index (κ1) is 12.5.